The summed E-state index contributed by atoms with van der Waals surface area (Å²) < 4.78 is 10.3. The van der Waals surface area contributed by atoms with E-state index in [0.29, 0.717) is 30.6 Å². The van der Waals surface area contributed by atoms with Crippen molar-refractivity contribution in [2.45, 2.75) is 27.2 Å². The van der Waals surface area contributed by atoms with Crippen LogP contribution in [0.15, 0.2) is 41.0 Å². The third-order valence-electron chi connectivity index (χ3n) is 5.01. The SMILES string of the molecule is Cc1ccc(C(=O)OCC(=O)N2C[C@@H](C)C[C@H](C)C2)cc1NC(=O)c1ccco1. The molecule has 0 spiro atoms. The fourth-order valence-corrected chi connectivity index (χ4v) is 3.64. The van der Waals surface area contributed by atoms with Gasteiger partial charge in [-0.2, -0.15) is 0 Å². The highest BCUT2D eigenvalue weighted by atomic mass is 16.5. The molecule has 154 valence electrons. The Bertz CT molecular complexity index is 881. The Morgan fingerprint density at radius 1 is 1.17 bits per heavy atom. The van der Waals surface area contributed by atoms with Crippen LogP contribution in [0.2, 0.25) is 0 Å². The summed E-state index contributed by atoms with van der Waals surface area (Å²) in [5.74, 6) is -0.146. The molecular formula is C22H26N2O5. The van der Waals surface area contributed by atoms with Crippen LogP contribution < -0.4 is 5.32 Å². The van der Waals surface area contributed by atoms with Gasteiger partial charge in [0.1, 0.15) is 0 Å². The van der Waals surface area contributed by atoms with E-state index in [0.717, 1.165) is 12.0 Å². The summed E-state index contributed by atoms with van der Waals surface area (Å²) in [6.07, 6.45) is 2.51. The number of benzene rings is 1. The summed E-state index contributed by atoms with van der Waals surface area (Å²) in [6.45, 7) is 7.14. The molecule has 7 nitrogen and oxygen atoms in total. The highest BCUT2D eigenvalue weighted by Crippen LogP contribution is 2.21. The number of rotatable bonds is 5. The number of aryl methyl sites for hydroxylation is 1. The van der Waals surface area contributed by atoms with Gasteiger partial charge >= 0.3 is 5.97 Å². The Kier molecular flexibility index (Phi) is 6.36. The lowest BCUT2D eigenvalue weighted by atomic mass is 9.92. The van der Waals surface area contributed by atoms with Crippen molar-refractivity contribution in [1.29, 1.82) is 0 Å². The molecule has 0 aliphatic carbocycles. The second kappa shape index (κ2) is 8.94. The fraction of sp³-hybridized carbons (Fsp3) is 0.409. The second-order valence-electron chi connectivity index (χ2n) is 7.78. The van der Waals surface area contributed by atoms with E-state index in [1.165, 1.54) is 12.3 Å². The molecule has 1 aliphatic rings. The zero-order chi connectivity index (χ0) is 21.0. The molecule has 0 bridgehead atoms. The molecule has 1 saturated heterocycles. The Morgan fingerprint density at radius 3 is 2.55 bits per heavy atom. The first kappa shape index (κ1) is 20.6. The number of amides is 2. The molecule has 3 rings (SSSR count). The number of carbonyl (C=O) groups is 3. The lowest BCUT2D eigenvalue weighted by Gasteiger charge is -2.34. The summed E-state index contributed by atoms with van der Waals surface area (Å²) >= 11 is 0. The summed E-state index contributed by atoms with van der Waals surface area (Å²) in [4.78, 5) is 38.8. The van der Waals surface area contributed by atoms with E-state index < -0.39 is 11.9 Å². The molecule has 0 radical (unpaired) electrons. The van der Waals surface area contributed by atoms with Crippen molar-refractivity contribution < 1.29 is 23.5 Å². The molecule has 1 N–H and O–H groups in total. The number of anilines is 1. The van der Waals surface area contributed by atoms with E-state index in [2.05, 4.69) is 19.2 Å². The van der Waals surface area contributed by atoms with Gasteiger partial charge in [-0.15, -0.1) is 0 Å². The number of esters is 1. The van der Waals surface area contributed by atoms with E-state index in [1.54, 1.807) is 29.2 Å². The zero-order valence-corrected chi connectivity index (χ0v) is 16.9. The molecule has 1 aliphatic heterocycles. The van der Waals surface area contributed by atoms with Gasteiger partial charge in [-0.25, -0.2) is 4.79 Å². The van der Waals surface area contributed by atoms with E-state index in [4.69, 9.17) is 9.15 Å². The summed E-state index contributed by atoms with van der Waals surface area (Å²) in [6, 6.07) is 8.03. The monoisotopic (exact) mass is 398 g/mol. The molecule has 2 amide bonds. The zero-order valence-electron chi connectivity index (χ0n) is 16.9. The van der Waals surface area contributed by atoms with E-state index >= 15 is 0 Å². The maximum absolute atomic E-state index is 12.4. The number of ether oxygens (including phenoxy) is 1. The van der Waals surface area contributed by atoms with Gasteiger partial charge in [0.25, 0.3) is 11.8 Å². The average Bonchev–Trinajstić information content (AvgIpc) is 3.21. The van der Waals surface area contributed by atoms with E-state index in [9.17, 15) is 14.4 Å². The second-order valence-corrected chi connectivity index (χ2v) is 7.78. The van der Waals surface area contributed by atoms with Crippen LogP contribution in [0.5, 0.6) is 0 Å². The first-order chi connectivity index (χ1) is 13.8. The number of furan rings is 1. The normalized spacial score (nSPS) is 18.9. The predicted octanol–water partition coefficient (Wildman–Crippen LogP) is 3.50. The van der Waals surface area contributed by atoms with Crippen molar-refractivity contribution in [2.24, 2.45) is 11.8 Å². The molecule has 1 aromatic carbocycles. The summed E-state index contributed by atoms with van der Waals surface area (Å²) in [5, 5.41) is 2.72. The number of hydrogen-bond acceptors (Lipinski definition) is 5. The largest absolute Gasteiger partial charge is 0.459 e. The van der Waals surface area contributed by atoms with Crippen LogP contribution in [0, 0.1) is 18.8 Å². The lowest BCUT2D eigenvalue weighted by molar-refractivity contribution is -0.137. The highest BCUT2D eigenvalue weighted by molar-refractivity contribution is 6.03. The van der Waals surface area contributed by atoms with Crippen LogP contribution in [-0.2, 0) is 9.53 Å². The molecule has 0 saturated carbocycles. The van der Waals surface area contributed by atoms with E-state index in [-0.39, 0.29) is 23.8 Å². The first-order valence-corrected chi connectivity index (χ1v) is 9.74. The average molecular weight is 398 g/mol. The molecular weight excluding hydrogens is 372 g/mol. The number of likely N-dealkylation sites (tertiary alicyclic amines) is 1. The number of nitrogens with zero attached hydrogens (tertiary/aromatic N) is 1. The van der Waals surface area contributed by atoms with Gasteiger partial charge in [0.05, 0.1) is 11.8 Å². The third-order valence-corrected chi connectivity index (χ3v) is 5.01. The number of nitrogens with one attached hydrogen (secondary N) is 1. The highest BCUT2D eigenvalue weighted by Gasteiger charge is 2.26. The fourth-order valence-electron chi connectivity index (χ4n) is 3.64. The number of hydrogen-bond donors (Lipinski definition) is 1. The van der Waals surface area contributed by atoms with Crippen LogP contribution in [0.1, 0.15) is 46.7 Å². The lowest BCUT2D eigenvalue weighted by Crippen LogP contribution is -2.44. The van der Waals surface area contributed by atoms with Crippen LogP contribution in [0.3, 0.4) is 0 Å². The van der Waals surface area contributed by atoms with Crippen molar-refractivity contribution in [2.75, 3.05) is 25.0 Å². The quantitative estimate of drug-likeness (QED) is 0.779. The standard InChI is InChI=1S/C22H26N2O5/c1-14-9-15(2)12-24(11-14)20(25)13-29-22(27)17-7-6-16(3)18(10-17)23-21(26)19-5-4-8-28-19/h4-8,10,14-15H,9,11-13H2,1-3H3,(H,23,26)/t14-,15-/m0/s1. The molecule has 2 aromatic rings. The van der Waals surface area contributed by atoms with Gasteiger partial charge in [0.2, 0.25) is 0 Å². The Labute approximate surface area is 170 Å². The minimum absolute atomic E-state index is 0.174. The maximum atomic E-state index is 12.4. The molecule has 7 heteroatoms. The summed E-state index contributed by atoms with van der Waals surface area (Å²) in [7, 11) is 0. The van der Waals surface area contributed by atoms with Crippen molar-refractivity contribution in [3.05, 3.63) is 53.5 Å². The smallest absolute Gasteiger partial charge is 0.338 e. The van der Waals surface area contributed by atoms with Gasteiger partial charge in [0, 0.05) is 18.8 Å². The molecule has 1 fully saturated rings. The molecule has 1 aromatic heterocycles. The van der Waals surface area contributed by atoms with Crippen molar-refractivity contribution in [3.8, 4) is 0 Å². The number of piperidine rings is 1. The molecule has 0 unspecified atom stereocenters. The van der Waals surface area contributed by atoms with Gasteiger partial charge < -0.3 is 19.4 Å². The molecule has 29 heavy (non-hydrogen) atoms. The predicted molar refractivity (Wildman–Crippen MR) is 108 cm³/mol. The summed E-state index contributed by atoms with van der Waals surface area (Å²) in [5.41, 5.74) is 1.53. The Morgan fingerprint density at radius 2 is 1.90 bits per heavy atom. The maximum Gasteiger partial charge on any atom is 0.338 e. The van der Waals surface area contributed by atoms with Crippen molar-refractivity contribution in [3.63, 3.8) is 0 Å². The van der Waals surface area contributed by atoms with Gasteiger partial charge in [0.15, 0.2) is 12.4 Å². The number of carbonyl (C=O) groups excluding carboxylic acids is 3. The molecule has 2 heterocycles. The van der Waals surface area contributed by atoms with E-state index in [1.807, 2.05) is 6.92 Å². The minimum Gasteiger partial charge on any atom is -0.459 e. The Balaban J connectivity index is 1.60. The minimum atomic E-state index is -0.607. The topological polar surface area (TPSA) is 88.9 Å². The van der Waals surface area contributed by atoms with Crippen LogP contribution in [-0.4, -0.2) is 42.4 Å². The van der Waals surface area contributed by atoms with Crippen LogP contribution in [0.25, 0.3) is 0 Å². The Hall–Kier alpha value is -3.09. The van der Waals surface area contributed by atoms with Crippen molar-refractivity contribution in [1.82, 2.24) is 4.90 Å². The van der Waals surface area contributed by atoms with Crippen LogP contribution >= 0.6 is 0 Å². The van der Waals surface area contributed by atoms with Crippen molar-refractivity contribution >= 4 is 23.5 Å². The third kappa shape index (κ3) is 5.25. The first-order valence-electron chi connectivity index (χ1n) is 9.74. The molecule has 2 atom stereocenters. The van der Waals surface area contributed by atoms with Gasteiger partial charge in [-0.3, -0.25) is 9.59 Å². The van der Waals surface area contributed by atoms with Gasteiger partial charge in [-0.1, -0.05) is 19.9 Å². The van der Waals surface area contributed by atoms with Gasteiger partial charge in [-0.05, 0) is 55.0 Å². The van der Waals surface area contributed by atoms with Crippen LogP contribution in [0.4, 0.5) is 5.69 Å².